The smallest absolute Gasteiger partial charge is 0.175 e. The summed E-state index contributed by atoms with van der Waals surface area (Å²) in [5.41, 5.74) is 0. The molecule has 0 radical (unpaired) electrons. The molecule has 68 valence electrons. The zero-order valence-electron chi connectivity index (χ0n) is 6.88. The van der Waals surface area contributed by atoms with Crippen molar-refractivity contribution in [2.24, 2.45) is 0 Å². The van der Waals surface area contributed by atoms with Crippen LogP contribution in [-0.2, 0) is 9.59 Å². The highest BCUT2D eigenvalue weighted by atomic mass is 35.5. The number of carbonyl (C=O) groups is 2. The molecule has 0 saturated carbocycles. The molecule has 0 spiro atoms. The Morgan fingerprint density at radius 1 is 1.00 bits per heavy atom. The predicted octanol–water partition coefficient (Wildman–Crippen LogP) is 1.94. The number of allylic oxidation sites excluding steroid dienone is 2. The third-order valence-corrected chi connectivity index (χ3v) is 2.28. The van der Waals surface area contributed by atoms with Crippen molar-refractivity contribution in [3.05, 3.63) is 12.2 Å². The molecule has 0 aromatic carbocycles. The van der Waals surface area contributed by atoms with E-state index in [-0.39, 0.29) is 11.6 Å². The fourth-order valence-electron chi connectivity index (χ4n) is 0.637. The maximum absolute atomic E-state index is 10.7. The second-order valence-corrected chi connectivity index (χ2v) is 2.88. The fourth-order valence-corrected chi connectivity index (χ4v) is 1.03. The van der Waals surface area contributed by atoms with E-state index in [4.69, 9.17) is 23.2 Å². The van der Waals surface area contributed by atoms with Gasteiger partial charge in [0.05, 0.1) is 0 Å². The van der Waals surface area contributed by atoms with Gasteiger partial charge >= 0.3 is 0 Å². The van der Waals surface area contributed by atoms with Crippen LogP contribution in [0.4, 0.5) is 0 Å². The molecule has 0 aliphatic heterocycles. The zero-order chi connectivity index (χ0) is 9.72. The lowest BCUT2D eigenvalue weighted by Crippen LogP contribution is -2.33. The summed E-state index contributed by atoms with van der Waals surface area (Å²) in [6.45, 7) is 4.00. The third kappa shape index (κ3) is 2.61. The summed E-state index contributed by atoms with van der Waals surface area (Å²) >= 11 is 10.9. The maximum atomic E-state index is 10.7. The van der Waals surface area contributed by atoms with Crippen LogP contribution in [0.3, 0.4) is 0 Å². The second-order valence-electron chi connectivity index (χ2n) is 1.94. The predicted molar refractivity (Wildman–Crippen MR) is 49.8 cm³/mol. The number of alkyl halides is 2. The number of hydrogen-bond acceptors (Lipinski definition) is 2. The van der Waals surface area contributed by atoms with Crippen molar-refractivity contribution in [3.63, 3.8) is 0 Å². The molecule has 0 aromatic rings. The SMILES string of the molecule is CC.O=C1C=CC(=O)C(Cl)C1Cl. The minimum absolute atomic E-state index is 0.304. The molecular formula is C8H10Cl2O2. The normalized spacial score (nSPS) is 28.0. The van der Waals surface area contributed by atoms with E-state index in [1.54, 1.807) is 0 Å². The van der Waals surface area contributed by atoms with Crippen LogP contribution < -0.4 is 0 Å². The topological polar surface area (TPSA) is 34.1 Å². The molecule has 4 heteroatoms. The first kappa shape index (κ1) is 11.7. The van der Waals surface area contributed by atoms with Crippen LogP contribution in [0.2, 0.25) is 0 Å². The zero-order valence-corrected chi connectivity index (χ0v) is 8.39. The first-order chi connectivity index (χ1) is 5.63. The van der Waals surface area contributed by atoms with Gasteiger partial charge in [-0.1, -0.05) is 13.8 Å². The van der Waals surface area contributed by atoms with Gasteiger partial charge in [0.25, 0.3) is 0 Å². The lowest BCUT2D eigenvalue weighted by atomic mass is 10.0. The molecule has 0 aromatic heterocycles. The molecule has 1 rings (SSSR count). The molecule has 12 heavy (non-hydrogen) atoms. The molecular weight excluding hydrogens is 199 g/mol. The lowest BCUT2D eigenvalue weighted by Gasteiger charge is -2.13. The highest BCUT2D eigenvalue weighted by Gasteiger charge is 2.30. The summed E-state index contributed by atoms with van der Waals surface area (Å²) in [5.74, 6) is -0.609. The molecule has 0 saturated heterocycles. The van der Waals surface area contributed by atoms with E-state index in [1.165, 1.54) is 0 Å². The van der Waals surface area contributed by atoms with Gasteiger partial charge in [0.2, 0.25) is 0 Å². The Bertz CT molecular complexity index is 189. The van der Waals surface area contributed by atoms with E-state index in [9.17, 15) is 9.59 Å². The van der Waals surface area contributed by atoms with Crippen molar-refractivity contribution in [2.75, 3.05) is 0 Å². The quantitative estimate of drug-likeness (QED) is 0.571. The van der Waals surface area contributed by atoms with E-state index in [1.807, 2.05) is 13.8 Å². The van der Waals surface area contributed by atoms with E-state index < -0.39 is 10.8 Å². The van der Waals surface area contributed by atoms with Crippen LogP contribution in [-0.4, -0.2) is 22.3 Å². The number of ketones is 2. The molecule has 2 nitrogen and oxygen atoms in total. The van der Waals surface area contributed by atoms with Crippen LogP contribution in [0.5, 0.6) is 0 Å². The van der Waals surface area contributed by atoms with E-state index >= 15 is 0 Å². The Balaban J connectivity index is 0.000000561. The van der Waals surface area contributed by atoms with Gasteiger partial charge in [-0.2, -0.15) is 0 Å². The van der Waals surface area contributed by atoms with Crippen LogP contribution in [0.1, 0.15) is 13.8 Å². The van der Waals surface area contributed by atoms with Crippen molar-refractivity contribution in [2.45, 2.75) is 24.6 Å². The summed E-state index contributed by atoms with van der Waals surface area (Å²) in [6.07, 6.45) is 2.30. The monoisotopic (exact) mass is 208 g/mol. The van der Waals surface area contributed by atoms with Crippen molar-refractivity contribution in [3.8, 4) is 0 Å². The molecule has 1 aliphatic carbocycles. The van der Waals surface area contributed by atoms with E-state index in [2.05, 4.69) is 0 Å². The van der Waals surface area contributed by atoms with Gasteiger partial charge in [0.1, 0.15) is 10.8 Å². The fraction of sp³-hybridized carbons (Fsp3) is 0.500. The van der Waals surface area contributed by atoms with Gasteiger partial charge in [-0.15, -0.1) is 23.2 Å². The Labute approximate surface area is 81.5 Å². The molecule has 0 bridgehead atoms. The Kier molecular flexibility index (Phi) is 5.18. The molecule has 2 unspecified atom stereocenters. The van der Waals surface area contributed by atoms with E-state index in [0.29, 0.717) is 0 Å². The van der Waals surface area contributed by atoms with Crippen LogP contribution in [0.25, 0.3) is 0 Å². The van der Waals surface area contributed by atoms with Gasteiger partial charge in [-0.3, -0.25) is 9.59 Å². The first-order valence-electron chi connectivity index (χ1n) is 3.67. The standard InChI is InChI=1S/C6H4Cl2O2.C2H6/c7-5-3(9)1-2-4(10)6(5)8;1-2/h1-2,5-6H;1-2H3. The molecule has 0 fully saturated rings. The highest BCUT2D eigenvalue weighted by molar-refractivity contribution is 6.46. The first-order valence-corrected chi connectivity index (χ1v) is 4.54. The van der Waals surface area contributed by atoms with Gasteiger partial charge in [-0.25, -0.2) is 0 Å². The molecule has 0 heterocycles. The Morgan fingerprint density at radius 3 is 1.50 bits per heavy atom. The number of hydrogen-bond donors (Lipinski definition) is 0. The van der Waals surface area contributed by atoms with Crippen molar-refractivity contribution >= 4 is 34.8 Å². The molecule has 0 amide bonds. The van der Waals surface area contributed by atoms with Crippen LogP contribution in [0.15, 0.2) is 12.2 Å². The summed E-state index contributed by atoms with van der Waals surface area (Å²) in [5, 5.41) is -1.78. The third-order valence-electron chi connectivity index (χ3n) is 1.21. The lowest BCUT2D eigenvalue weighted by molar-refractivity contribution is -0.120. The summed E-state index contributed by atoms with van der Waals surface area (Å²) in [7, 11) is 0. The molecule has 1 aliphatic rings. The van der Waals surface area contributed by atoms with Gasteiger partial charge in [0, 0.05) is 0 Å². The summed E-state index contributed by atoms with van der Waals surface area (Å²) in [4.78, 5) is 21.4. The highest BCUT2D eigenvalue weighted by Crippen LogP contribution is 2.17. The van der Waals surface area contributed by atoms with Gasteiger partial charge in [-0.05, 0) is 12.2 Å². The van der Waals surface area contributed by atoms with Crippen molar-refractivity contribution < 1.29 is 9.59 Å². The minimum Gasteiger partial charge on any atom is -0.293 e. The van der Waals surface area contributed by atoms with E-state index in [0.717, 1.165) is 12.2 Å². The van der Waals surface area contributed by atoms with Gasteiger partial charge in [0.15, 0.2) is 11.6 Å². The van der Waals surface area contributed by atoms with Crippen LogP contribution in [0, 0.1) is 0 Å². The average Bonchev–Trinajstić information content (AvgIpc) is 2.12. The summed E-state index contributed by atoms with van der Waals surface area (Å²) in [6, 6.07) is 0. The average molecular weight is 209 g/mol. The number of halogens is 2. The molecule has 0 N–H and O–H groups in total. The number of carbonyl (C=O) groups excluding carboxylic acids is 2. The maximum Gasteiger partial charge on any atom is 0.175 e. The largest absolute Gasteiger partial charge is 0.293 e. The van der Waals surface area contributed by atoms with Crippen molar-refractivity contribution in [1.29, 1.82) is 0 Å². The van der Waals surface area contributed by atoms with Crippen molar-refractivity contribution in [1.82, 2.24) is 0 Å². The Morgan fingerprint density at radius 2 is 1.25 bits per heavy atom. The van der Waals surface area contributed by atoms with Crippen LogP contribution >= 0.6 is 23.2 Å². The van der Waals surface area contributed by atoms with Gasteiger partial charge < -0.3 is 0 Å². The number of rotatable bonds is 0. The second kappa shape index (κ2) is 5.33. The summed E-state index contributed by atoms with van der Waals surface area (Å²) < 4.78 is 0. The Hall–Kier alpha value is -0.340. The molecule has 2 atom stereocenters. The minimum atomic E-state index is -0.890.